The summed E-state index contributed by atoms with van der Waals surface area (Å²) < 4.78 is 6.37. The van der Waals surface area contributed by atoms with Gasteiger partial charge in [-0.3, -0.25) is 19.5 Å². The number of halogens is 1. The molecule has 10 heteroatoms. The number of non-ortho nitro benzene ring substituents is 1. The van der Waals surface area contributed by atoms with Gasteiger partial charge in [0.25, 0.3) is 5.69 Å². The minimum absolute atomic E-state index is 0.138. The minimum Gasteiger partial charge on any atom is -0.407 e. The van der Waals surface area contributed by atoms with Gasteiger partial charge in [-0.25, -0.2) is 9.78 Å². The molecular weight excluding hydrogens is 364 g/mol. The van der Waals surface area contributed by atoms with E-state index in [1.54, 1.807) is 12.1 Å². The largest absolute Gasteiger partial charge is 0.419 e. The lowest BCUT2D eigenvalue weighted by Gasteiger charge is -2.05. The molecule has 0 aliphatic rings. The molecule has 0 saturated heterocycles. The van der Waals surface area contributed by atoms with Gasteiger partial charge in [-0.15, -0.1) is 0 Å². The third kappa shape index (κ3) is 3.89. The molecule has 9 nitrogen and oxygen atoms in total. The Morgan fingerprint density at radius 2 is 2.15 bits per heavy atom. The van der Waals surface area contributed by atoms with Crippen molar-refractivity contribution in [3.8, 4) is 0 Å². The quantitative estimate of drug-likeness (QED) is 0.521. The van der Waals surface area contributed by atoms with E-state index < -0.39 is 10.7 Å². The molecule has 1 amide bonds. The van der Waals surface area contributed by atoms with Crippen molar-refractivity contribution in [2.24, 2.45) is 0 Å². The zero-order valence-corrected chi connectivity index (χ0v) is 14.1. The third-order valence-corrected chi connectivity index (χ3v) is 3.87. The lowest BCUT2D eigenvalue weighted by Crippen LogP contribution is -2.17. The normalized spacial score (nSPS) is 10.8. The van der Waals surface area contributed by atoms with Gasteiger partial charge >= 0.3 is 5.76 Å². The summed E-state index contributed by atoms with van der Waals surface area (Å²) in [5.74, 6) is -0.491. The number of hydrogen-bond donors (Lipinski definition) is 1. The molecular formula is C16H13ClN4O5. The summed E-state index contributed by atoms with van der Waals surface area (Å²) in [5.41, 5.74) is 0.424. The Morgan fingerprint density at radius 3 is 2.85 bits per heavy atom. The van der Waals surface area contributed by atoms with E-state index >= 15 is 0 Å². The van der Waals surface area contributed by atoms with Gasteiger partial charge in [0.2, 0.25) is 5.91 Å². The molecule has 2 heterocycles. The average molecular weight is 377 g/mol. The van der Waals surface area contributed by atoms with Crippen LogP contribution in [0, 0.1) is 10.1 Å². The molecule has 0 unspecified atom stereocenters. The van der Waals surface area contributed by atoms with Gasteiger partial charge in [0, 0.05) is 25.2 Å². The summed E-state index contributed by atoms with van der Waals surface area (Å²) in [7, 11) is 0. The predicted octanol–water partition coefficient (Wildman–Crippen LogP) is 2.97. The van der Waals surface area contributed by atoms with Crippen LogP contribution in [-0.2, 0) is 11.3 Å². The van der Waals surface area contributed by atoms with E-state index in [9.17, 15) is 19.7 Å². The van der Waals surface area contributed by atoms with Gasteiger partial charge in [-0.1, -0.05) is 11.6 Å². The fourth-order valence-electron chi connectivity index (χ4n) is 2.43. The monoisotopic (exact) mass is 376 g/mol. The summed E-state index contributed by atoms with van der Waals surface area (Å²) in [6, 6.07) is 7.15. The minimum atomic E-state index is -0.625. The first-order chi connectivity index (χ1) is 12.4. The molecule has 0 saturated carbocycles. The smallest absolute Gasteiger partial charge is 0.407 e. The first-order valence-corrected chi connectivity index (χ1v) is 8.01. The summed E-state index contributed by atoms with van der Waals surface area (Å²) in [6.45, 7) is 0.241. The molecule has 0 fully saturated rings. The molecule has 0 aliphatic carbocycles. The highest BCUT2D eigenvalue weighted by Gasteiger charge is 2.14. The van der Waals surface area contributed by atoms with E-state index in [0.29, 0.717) is 22.8 Å². The number of aryl methyl sites for hydroxylation is 1. The Hall–Kier alpha value is -3.20. The predicted molar refractivity (Wildman–Crippen MR) is 94.2 cm³/mol. The maximum absolute atomic E-state index is 11.9. The molecule has 3 rings (SSSR count). The number of nitrogens with one attached hydrogen (secondary N) is 1. The van der Waals surface area contributed by atoms with Crippen molar-refractivity contribution in [2.45, 2.75) is 19.4 Å². The number of carbonyl (C=O) groups is 1. The number of nitro groups is 1. The second-order valence-corrected chi connectivity index (χ2v) is 5.88. The summed E-state index contributed by atoms with van der Waals surface area (Å²) in [5, 5.41) is 13.9. The van der Waals surface area contributed by atoms with Crippen LogP contribution in [0.15, 0.2) is 45.7 Å². The van der Waals surface area contributed by atoms with Crippen molar-refractivity contribution in [3.05, 3.63) is 62.2 Å². The number of nitro benzene ring substituents is 1. The van der Waals surface area contributed by atoms with Crippen LogP contribution in [0.4, 0.5) is 11.5 Å². The third-order valence-electron chi connectivity index (χ3n) is 3.64. The highest BCUT2D eigenvalue weighted by molar-refractivity contribution is 6.30. The lowest BCUT2D eigenvalue weighted by atomic mass is 10.2. The molecule has 1 N–H and O–H groups in total. The Labute approximate surface area is 151 Å². The summed E-state index contributed by atoms with van der Waals surface area (Å²) >= 11 is 5.72. The zero-order chi connectivity index (χ0) is 18.7. The standard InChI is InChI=1S/C16H13ClN4O5/c17-10-3-6-14(18-9-10)19-15(22)2-1-7-20-12-5-4-11(21(24)25)8-13(12)26-16(20)23/h3-6,8-9H,1-2,7H2,(H,18,19,22). The van der Waals surface area contributed by atoms with E-state index in [1.165, 1.54) is 29.0 Å². The maximum atomic E-state index is 11.9. The molecule has 1 aromatic carbocycles. The van der Waals surface area contributed by atoms with Crippen molar-refractivity contribution in [3.63, 3.8) is 0 Å². The van der Waals surface area contributed by atoms with Gasteiger partial charge in [0.15, 0.2) is 5.58 Å². The van der Waals surface area contributed by atoms with E-state index in [-0.39, 0.29) is 30.1 Å². The number of carbonyl (C=O) groups excluding carboxylic acids is 1. The van der Waals surface area contributed by atoms with Crippen LogP contribution in [0.2, 0.25) is 5.02 Å². The maximum Gasteiger partial charge on any atom is 0.419 e. The van der Waals surface area contributed by atoms with Crippen molar-refractivity contribution in [2.75, 3.05) is 5.32 Å². The number of anilines is 1. The lowest BCUT2D eigenvalue weighted by molar-refractivity contribution is -0.384. The molecule has 0 atom stereocenters. The van der Waals surface area contributed by atoms with Crippen LogP contribution in [0.5, 0.6) is 0 Å². The van der Waals surface area contributed by atoms with Crippen molar-refractivity contribution >= 4 is 40.1 Å². The molecule has 0 spiro atoms. The van der Waals surface area contributed by atoms with Crippen LogP contribution in [0.25, 0.3) is 11.1 Å². The highest BCUT2D eigenvalue weighted by Crippen LogP contribution is 2.20. The number of rotatable bonds is 6. The number of benzene rings is 1. The fourth-order valence-corrected chi connectivity index (χ4v) is 2.54. The van der Waals surface area contributed by atoms with Gasteiger partial charge in [0.05, 0.1) is 21.5 Å². The van der Waals surface area contributed by atoms with Gasteiger partial charge in [-0.2, -0.15) is 0 Å². The molecule has 0 radical (unpaired) electrons. The van der Waals surface area contributed by atoms with E-state index in [1.807, 2.05) is 0 Å². The van der Waals surface area contributed by atoms with E-state index in [2.05, 4.69) is 10.3 Å². The molecule has 3 aromatic rings. The number of nitrogens with zero attached hydrogens (tertiary/aromatic N) is 3. The first kappa shape index (κ1) is 17.6. The molecule has 2 aromatic heterocycles. The average Bonchev–Trinajstić information content (AvgIpc) is 2.91. The topological polar surface area (TPSA) is 120 Å². The number of oxazole rings is 1. The van der Waals surface area contributed by atoms with Crippen molar-refractivity contribution in [1.29, 1.82) is 0 Å². The van der Waals surface area contributed by atoms with Crippen LogP contribution in [0.3, 0.4) is 0 Å². The van der Waals surface area contributed by atoms with Gasteiger partial charge in [-0.05, 0) is 24.6 Å². The zero-order valence-electron chi connectivity index (χ0n) is 13.3. The van der Waals surface area contributed by atoms with Crippen molar-refractivity contribution in [1.82, 2.24) is 9.55 Å². The number of hydrogen-bond acceptors (Lipinski definition) is 6. The number of pyridine rings is 1. The first-order valence-electron chi connectivity index (χ1n) is 7.63. The number of amides is 1. The SMILES string of the molecule is O=C(CCCn1c(=O)oc2cc([N+](=O)[O-])ccc21)Nc1ccc(Cl)cn1. The van der Waals surface area contributed by atoms with Gasteiger partial charge < -0.3 is 9.73 Å². The Morgan fingerprint density at radius 1 is 1.35 bits per heavy atom. The van der Waals surface area contributed by atoms with E-state index in [0.717, 1.165) is 0 Å². The molecule has 26 heavy (non-hydrogen) atoms. The molecule has 134 valence electrons. The Kier molecular flexibility index (Phi) is 4.99. The summed E-state index contributed by atoms with van der Waals surface area (Å²) in [6.07, 6.45) is 1.97. The van der Waals surface area contributed by atoms with Crippen LogP contribution in [-0.4, -0.2) is 20.4 Å². The van der Waals surface area contributed by atoms with E-state index in [4.69, 9.17) is 16.0 Å². The Balaban J connectivity index is 1.63. The second kappa shape index (κ2) is 7.36. The fraction of sp³-hybridized carbons (Fsp3) is 0.188. The highest BCUT2D eigenvalue weighted by atomic mass is 35.5. The van der Waals surface area contributed by atoms with Gasteiger partial charge in [0.1, 0.15) is 5.82 Å². The molecule has 0 aliphatic heterocycles. The van der Waals surface area contributed by atoms with Crippen LogP contribution in [0.1, 0.15) is 12.8 Å². The van der Waals surface area contributed by atoms with Crippen LogP contribution >= 0.6 is 11.6 Å². The number of fused-ring (bicyclic) bond motifs is 1. The Bertz CT molecular complexity index is 1030. The number of aromatic nitrogens is 2. The second-order valence-electron chi connectivity index (χ2n) is 5.44. The molecule has 0 bridgehead atoms. The van der Waals surface area contributed by atoms with Crippen LogP contribution < -0.4 is 11.1 Å². The summed E-state index contributed by atoms with van der Waals surface area (Å²) in [4.78, 5) is 38.0. The van der Waals surface area contributed by atoms with Crippen molar-refractivity contribution < 1.29 is 14.1 Å².